The Morgan fingerprint density at radius 3 is 2.72 bits per heavy atom. The van der Waals surface area contributed by atoms with Crippen LogP contribution in [-0.2, 0) is 4.79 Å². The zero-order valence-electron chi connectivity index (χ0n) is 14.4. The third kappa shape index (κ3) is 3.56. The molecular weight excluding hydrogens is 316 g/mol. The number of carbonyl (C=O) groups excluding carboxylic acids is 1. The van der Waals surface area contributed by atoms with Gasteiger partial charge in [0, 0.05) is 50.3 Å². The second kappa shape index (κ2) is 7.31. The number of nitrogens with zero attached hydrogens (tertiary/aromatic N) is 6. The van der Waals surface area contributed by atoms with E-state index >= 15 is 0 Å². The van der Waals surface area contributed by atoms with Crippen molar-refractivity contribution in [2.45, 2.75) is 31.6 Å². The standard InChI is InChI=1S/C18H24N6O/c25-16(23-9-1-2-10-23)13-22-8-3-4-15(12-22)17-18(21-6-5-20-17)24-11-7-19-14-24/h5-7,11,14-15H,1-4,8-10,12-13H2/t15-/m1/s1. The molecule has 4 rings (SSSR count). The van der Waals surface area contributed by atoms with Gasteiger partial charge in [0.05, 0.1) is 12.2 Å². The number of hydrogen-bond donors (Lipinski definition) is 0. The maximum absolute atomic E-state index is 12.5. The Bertz CT molecular complexity index is 710. The SMILES string of the molecule is O=C(CN1CCC[C@@H](c2nccnc2-n2ccnc2)C1)N1CCCC1. The molecule has 2 aliphatic heterocycles. The average molecular weight is 340 g/mol. The zero-order chi connectivity index (χ0) is 17.1. The van der Waals surface area contributed by atoms with E-state index in [1.165, 1.54) is 0 Å². The summed E-state index contributed by atoms with van der Waals surface area (Å²) in [5, 5.41) is 0. The quantitative estimate of drug-likeness (QED) is 0.843. The van der Waals surface area contributed by atoms with Crippen molar-refractivity contribution in [1.29, 1.82) is 0 Å². The fourth-order valence-corrected chi connectivity index (χ4v) is 3.89. The van der Waals surface area contributed by atoms with Gasteiger partial charge in [-0.2, -0.15) is 0 Å². The Morgan fingerprint density at radius 1 is 1.08 bits per heavy atom. The summed E-state index contributed by atoms with van der Waals surface area (Å²) in [6.07, 6.45) is 13.3. The summed E-state index contributed by atoms with van der Waals surface area (Å²) < 4.78 is 1.91. The highest BCUT2D eigenvalue weighted by atomic mass is 16.2. The molecule has 7 nitrogen and oxygen atoms in total. The van der Waals surface area contributed by atoms with E-state index in [2.05, 4.69) is 19.9 Å². The van der Waals surface area contributed by atoms with E-state index in [0.29, 0.717) is 12.5 Å². The van der Waals surface area contributed by atoms with Crippen molar-refractivity contribution < 1.29 is 4.79 Å². The molecule has 132 valence electrons. The number of piperidine rings is 1. The Hall–Kier alpha value is -2.28. The molecule has 1 amide bonds. The van der Waals surface area contributed by atoms with Gasteiger partial charge in [0.1, 0.15) is 6.33 Å². The van der Waals surface area contributed by atoms with Gasteiger partial charge in [-0.15, -0.1) is 0 Å². The maximum atomic E-state index is 12.5. The maximum Gasteiger partial charge on any atom is 0.236 e. The fraction of sp³-hybridized carbons (Fsp3) is 0.556. The average Bonchev–Trinajstić information content (AvgIpc) is 3.36. The summed E-state index contributed by atoms with van der Waals surface area (Å²) >= 11 is 0. The molecule has 25 heavy (non-hydrogen) atoms. The van der Waals surface area contributed by atoms with Crippen LogP contribution >= 0.6 is 0 Å². The number of aromatic nitrogens is 4. The topological polar surface area (TPSA) is 67.2 Å². The lowest BCUT2D eigenvalue weighted by atomic mass is 9.94. The molecule has 2 aromatic heterocycles. The van der Waals surface area contributed by atoms with Crippen LogP contribution in [0.3, 0.4) is 0 Å². The summed E-state index contributed by atoms with van der Waals surface area (Å²) in [6.45, 7) is 4.21. The van der Waals surface area contributed by atoms with Crippen molar-refractivity contribution in [1.82, 2.24) is 29.3 Å². The van der Waals surface area contributed by atoms with Gasteiger partial charge in [0.2, 0.25) is 5.91 Å². The summed E-state index contributed by atoms with van der Waals surface area (Å²) in [5.74, 6) is 1.41. The minimum absolute atomic E-state index is 0.270. The van der Waals surface area contributed by atoms with Crippen LogP contribution in [0, 0.1) is 0 Å². The van der Waals surface area contributed by atoms with E-state index in [4.69, 9.17) is 0 Å². The molecule has 2 aromatic rings. The zero-order valence-corrected chi connectivity index (χ0v) is 14.4. The second-order valence-electron chi connectivity index (χ2n) is 6.90. The van der Waals surface area contributed by atoms with E-state index in [0.717, 1.165) is 63.4 Å². The molecule has 4 heterocycles. The largest absolute Gasteiger partial charge is 0.342 e. The van der Waals surface area contributed by atoms with E-state index < -0.39 is 0 Å². The van der Waals surface area contributed by atoms with Gasteiger partial charge < -0.3 is 4.90 Å². The van der Waals surface area contributed by atoms with Gasteiger partial charge in [0.15, 0.2) is 5.82 Å². The second-order valence-corrected chi connectivity index (χ2v) is 6.90. The van der Waals surface area contributed by atoms with Crippen molar-refractivity contribution in [3.63, 3.8) is 0 Å². The molecule has 0 bridgehead atoms. The lowest BCUT2D eigenvalue weighted by Crippen LogP contribution is -2.43. The predicted octanol–water partition coefficient (Wildman–Crippen LogP) is 1.46. The minimum atomic E-state index is 0.270. The van der Waals surface area contributed by atoms with Gasteiger partial charge in [-0.05, 0) is 32.2 Å². The van der Waals surface area contributed by atoms with Crippen LogP contribution < -0.4 is 0 Å². The highest BCUT2D eigenvalue weighted by Gasteiger charge is 2.28. The molecule has 2 saturated heterocycles. The van der Waals surface area contributed by atoms with E-state index in [-0.39, 0.29) is 5.91 Å². The fourth-order valence-electron chi connectivity index (χ4n) is 3.89. The molecule has 0 unspecified atom stereocenters. The number of amides is 1. The first kappa shape index (κ1) is 16.2. The predicted molar refractivity (Wildman–Crippen MR) is 93.4 cm³/mol. The summed E-state index contributed by atoms with van der Waals surface area (Å²) in [4.78, 5) is 30.0. The van der Waals surface area contributed by atoms with Crippen LogP contribution in [0.4, 0.5) is 0 Å². The lowest BCUT2D eigenvalue weighted by molar-refractivity contribution is -0.131. The van der Waals surface area contributed by atoms with Crippen LogP contribution in [0.25, 0.3) is 5.82 Å². The van der Waals surface area contributed by atoms with Gasteiger partial charge >= 0.3 is 0 Å². The minimum Gasteiger partial charge on any atom is -0.342 e. The highest BCUT2D eigenvalue weighted by molar-refractivity contribution is 5.78. The molecule has 0 saturated carbocycles. The first-order chi connectivity index (χ1) is 12.3. The first-order valence-corrected chi connectivity index (χ1v) is 9.10. The van der Waals surface area contributed by atoms with Crippen LogP contribution in [0.1, 0.15) is 37.3 Å². The van der Waals surface area contributed by atoms with Gasteiger partial charge in [-0.25, -0.2) is 9.97 Å². The number of hydrogen-bond acceptors (Lipinski definition) is 5. The Balaban J connectivity index is 1.47. The highest BCUT2D eigenvalue weighted by Crippen LogP contribution is 2.28. The van der Waals surface area contributed by atoms with E-state index in [9.17, 15) is 4.79 Å². The molecule has 0 spiro atoms. The van der Waals surface area contributed by atoms with Crippen LogP contribution in [0.2, 0.25) is 0 Å². The molecule has 0 N–H and O–H groups in total. The smallest absolute Gasteiger partial charge is 0.236 e. The van der Waals surface area contributed by atoms with Crippen LogP contribution in [-0.4, -0.2) is 67.9 Å². The van der Waals surface area contributed by atoms with Gasteiger partial charge in [-0.1, -0.05) is 0 Å². The Morgan fingerprint density at radius 2 is 1.92 bits per heavy atom. The lowest BCUT2D eigenvalue weighted by Gasteiger charge is -2.33. The van der Waals surface area contributed by atoms with Crippen LogP contribution in [0.15, 0.2) is 31.1 Å². The van der Waals surface area contributed by atoms with E-state index in [1.54, 1.807) is 24.9 Å². The molecule has 0 aromatic carbocycles. The summed E-state index contributed by atoms with van der Waals surface area (Å²) in [5.41, 5.74) is 0.999. The molecular formula is C18H24N6O. The molecule has 0 radical (unpaired) electrons. The number of carbonyl (C=O) groups is 1. The number of likely N-dealkylation sites (tertiary alicyclic amines) is 2. The van der Waals surface area contributed by atoms with E-state index in [1.807, 2.05) is 15.7 Å². The number of rotatable bonds is 4. The van der Waals surface area contributed by atoms with Crippen molar-refractivity contribution >= 4 is 5.91 Å². The molecule has 0 aliphatic carbocycles. The normalized spacial score (nSPS) is 21.6. The molecule has 1 atom stereocenters. The van der Waals surface area contributed by atoms with Gasteiger partial charge in [-0.3, -0.25) is 19.2 Å². The molecule has 7 heteroatoms. The summed E-state index contributed by atoms with van der Waals surface area (Å²) in [7, 11) is 0. The van der Waals surface area contributed by atoms with Crippen molar-refractivity contribution in [3.05, 3.63) is 36.8 Å². The Kier molecular flexibility index (Phi) is 4.74. The monoisotopic (exact) mass is 340 g/mol. The van der Waals surface area contributed by atoms with Crippen molar-refractivity contribution in [3.8, 4) is 5.82 Å². The summed E-state index contributed by atoms with van der Waals surface area (Å²) in [6, 6.07) is 0. The Labute approximate surface area is 147 Å². The first-order valence-electron chi connectivity index (χ1n) is 9.10. The molecule has 2 aliphatic rings. The number of imidazole rings is 1. The molecule has 2 fully saturated rings. The van der Waals surface area contributed by atoms with Crippen molar-refractivity contribution in [2.24, 2.45) is 0 Å². The van der Waals surface area contributed by atoms with Crippen molar-refractivity contribution in [2.75, 3.05) is 32.7 Å². The third-order valence-corrected chi connectivity index (χ3v) is 5.17. The van der Waals surface area contributed by atoms with Crippen LogP contribution in [0.5, 0.6) is 0 Å². The van der Waals surface area contributed by atoms with Gasteiger partial charge in [0.25, 0.3) is 0 Å². The third-order valence-electron chi connectivity index (χ3n) is 5.17.